The van der Waals surface area contributed by atoms with Crippen LogP contribution in [-0.2, 0) is 6.42 Å². The van der Waals surface area contributed by atoms with Crippen LogP contribution in [0.25, 0.3) is 10.4 Å². The summed E-state index contributed by atoms with van der Waals surface area (Å²) >= 11 is 1.64. The third kappa shape index (κ3) is 3.09. The van der Waals surface area contributed by atoms with Crippen LogP contribution in [0, 0.1) is 6.92 Å². The quantitative estimate of drug-likeness (QED) is 0.785. The number of hydrogen-bond acceptors (Lipinski definition) is 2. The molecule has 1 aliphatic heterocycles. The predicted molar refractivity (Wildman–Crippen MR) is 93.6 cm³/mol. The Balaban J connectivity index is 1.83. The number of rotatable bonds is 4. The number of likely N-dealkylation sites (tertiary alicyclic amines) is 1. The molecule has 0 radical (unpaired) electrons. The first kappa shape index (κ1) is 15.3. The summed E-state index contributed by atoms with van der Waals surface area (Å²) in [5.41, 5.74) is 3.70. The van der Waals surface area contributed by atoms with Crippen LogP contribution in [0.5, 0.6) is 0 Å². The molecule has 3 heteroatoms. The second kappa shape index (κ2) is 6.66. The molecule has 0 bridgehead atoms. The monoisotopic (exact) mass is 313 g/mol. The van der Waals surface area contributed by atoms with Crippen LogP contribution >= 0.6 is 11.3 Å². The summed E-state index contributed by atoms with van der Waals surface area (Å²) in [5, 5.41) is 0. The van der Waals surface area contributed by atoms with Crippen molar-refractivity contribution in [2.24, 2.45) is 0 Å². The Labute approximate surface area is 136 Å². The zero-order valence-corrected chi connectivity index (χ0v) is 14.2. The smallest absolute Gasteiger partial charge is 0.264 e. The van der Waals surface area contributed by atoms with Gasteiger partial charge in [-0.3, -0.25) is 4.79 Å². The average Bonchev–Trinajstić information content (AvgIpc) is 3.17. The minimum absolute atomic E-state index is 0.217. The van der Waals surface area contributed by atoms with Crippen LogP contribution in [0.1, 0.15) is 47.0 Å². The maximum absolute atomic E-state index is 12.6. The fourth-order valence-corrected chi connectivity index (χ4v) is 4.17. The van der Waals surface area contributed by atoms with E-state index in [4.69, 9.17) is 0 Å². The number of benzene rings is 1. The Morgan fingerprint density at radius 3 is 2.50 bits per heavy atom. The number of hydrogen-bond donors (Lipinski definition) is 0. The summed E-state index contributed by atoms with van der Waals surface area (Å²) in [5.74, 6) is 0.217. The fourth-order valence-electron chi connectivity index (χ4n) is 3.02. The third-order valence-corrected chi connectivity index (χ3v) is 5.56. The van der Waals surface area contributed by atoms with E-state index in [0.29, 0.717) is 0 Å². The maximum atomic E-state index is 12.6. The SMILES string of the molecule is CCCc1ccc(-c2cc(C)c(C(=O)N3CCCC3)s2)cc1. The normalized spacial score (nSPS) is 14.5. The summed E-state index contributed by atoms with van der Waals surface area (Å²) in [6, 6.07) is 10.9. The lowest BCUT2D eigenvalue weighted by Gasteiger charge is -2.14. The number of thiophene rings is 1. The molecular weight excluding hydrogens is 290 g/mol. The fraction of sp³-hybridized carbons (Fsp3) is 0.421. The summed E-state index contributed by atoms with van der Waals surface area (Å²) < 4.78 is 0. The van der Waals surface area contributed by atoms with Gasteiger partial charge < -0.3 is 4.90 Å². The van der Waals surface area contributed by atoms with E-state index >= 15 is 0 Å². The first-order valence-electron chi connectivity index (χ1n) is 8.18. The summed E-state index contributed by atoms with van der Waals surface area (Å²) in [6.07, 6.45) is 4.58. The molecule has 3 rings (SSSR count). The Morgan fingerprint density at radius 2 is 1.86 bits per heavy atom. The van der Waals surface area contributed by atoms with E-state index in [1.807, 2.05) is 4.90 Å². The summed E-state index contributed by atoms with van der Waals surface area (Å²) in [7, 11) is 0. The molecule has 0 unspecified atom stereocenters. The van der Waals surface area contributed by atoms with E-state index < -0.39 is 0 Å². The molecule has 2 nitrogen and oxygen atoms in total. The van der Waals surface area contributed by atoms with Crippen molar-refractivity contribution in [1.29, 1.82) is 0 Å². The highest BCUT2D eigenvalue weighted by atomic mass is 32.1. The largest absolute Gasteiger partial charge is 0.338 e. The standard InChI is InChI=1S/C19H23NOS/c1-3-6-15-7-9-16(10-8-15)17-13-14(2)18(22-17)19(21)20-11-4-5-12-20/h7-10,13H,3-6,11-12H2,1-2H3. The molecule has 1 amide bonds. The van der Waals surface area contributed by atoms with Crippen LogP contribution in [0.4, 0.5) is 0 Å². The average molecular weight is 313 g/mol. The van der Waals surface area contributed by atoms with Crippen LogP contribution < -0.4 is 0 Å². The van der Waals surface area contributed by atoms with Crippen molar-refractivity contribution >= 4 is 17.2 Å². The molecule has 0 aliphatic carbocycles. The summed E-state index contributed by atoms with van der Waals surface area (Å²) in [4.78, 5) is 16.7. The van der Waals surface area contributed by atoms with Crippen molar-refractivity contribution in [2.45, 2.75) is 39.5 Å². The van der Waals surface area contributed by atoms with Crippen LogP contribution in [-0.4, -0.2) is 23.9 Å². The molecule has 0 atom stereocenters. The van der Waals surface area contributed by atoms with Crippen molar-refractivity contribution in [2.75, 3.05) is 13.1 Å². The molecule has 1 fully saturated rings. The molecule has 2 heterocycles. The predicted octanol–water partition coefficient (Wildman–Crippen LogP) is 4.91. The molecule has 1 aliphatic rings. The van der Waals surface area contributed by atoms with Crippen LogP contribution in [0.15, 0.2) is 30.3 Å². The second-order valence-electron chi connectivity index (χ2n) is 6.07. The van der Waals surface area contributed by atoms with Gasteiger partial charge in [-0.2, -0.15) is 0 Å². The van der Waals surface area contributed by atoms with Gasteiger partial charge in [0.25, 0.3) is 5.91 Å². The van der Waals surface area contributed by atoms with Crippen molar-refractivity contribution in [3.8, 4) is 10.4 Å². The number of carbonyl (C=O) groups excluding carboxylic acids is 1. The zero-order chi connectivity index (χ0) is 15.5. The lowest BCUT2D eigenvalue weighted by atomic mass is 10.1. The highest BCUT2D eigenvalue weighted by Crippen LogP contribution is 2.32. The van der Waals surface area contributed by atoms with E-state index in [9.17, 15) is 4.79 Å². The van der Waals surface area contributed by atoms with E-state index in [1.54, 1.807) is 11.3 Å². The first-order chi connectivity index (χ1) is 10.7. The first-order valence-corrected chi connectivity index (χ1v) is 8.99. The highest BCUT2D eigenvalue weighted by Gasteiger charge is 2.23. The number of amides is 1. The van der Waals surface area contributed by atoms with Crippen molar-refractivity contribution in [3.05, 3.63) is 46.3 Å². The van der Waals surface area contributed by atoms with Crippen molar-refractivity contribution < 1.29 is 4.79 Å². The van der Waals surface area contributed by atoms with Crippen LogP contribution in [0.2, 0.25) is 0 Å². The second-order valence-corrected chi connectivity index (χ2v) is 7.12. The topological polar surface area (TPSA) is 20.3 Å². The van der Waals surface area contributed by atoms with Gasteiger partial charge in [0.1, 0.15) is 0 Å². The van der Waals surface area contributed by atoms with Gasteiger partial charge in [0.2, 0.25) is 0 Å². The van der Waals surface area contributed by atoms with E-state index in [2.05, 4.69) is 44.2 Å². The van der Waals surface area contributed by atoms with Gasteiger partial charge in [-0.25, -0.2) is 0 Å². The number of nitrogens with zero attached hydrogens (tertiary/aromatic N) is 1. The maximum Gasteiger partial charge on any atom is 0.264 e. The van der Waals surface area contributed by atoms with E-state index in [-0.39, 0.29) is 5.91 Å². The highest BCUT2D eigenvalue weighted by molar-refractivity contribution is 7.17. The van der Waals surface area contributed by atoms with E-state index in [0.717, 1.165) is 42.8 Å². The summed E-state index contributed by atoms with van der Waals surface area (Å²) in [6.45, 7) is 6.08. The van der Waals surface area contributed by atoms with Gasteiger partial charge in [-0.1, -0.05) is 37.6 Å². The zero-order valence-electron chi connectivity index (χ0n) is 13.4. The lowest BCUT2D eigenvalue weighted by Crippen LogP contribution is -2.27. The van der Waals surface area contributed by atoms with Gasteiger partial charge in [-0.15, -0.1) is 11.3 Å². The molecule has 1 aromatic carbocycles. The minimum atomic E-state index is 0.217. The Bertz CT molecular complexity index is 651. The molecule has 1 aromatic heterocycles. The molecule has 0 N–H and O–H groups in total. The van der Waals surface area contributed by atoms with Gasteiger partial charge >= 0.3 is 0 Å². The lowest BCUT2D eigenvalue weighted by molar-refractivity contribution is 0.0797. The molecule has 22 heavy (non-hydrogen) atoms. The van der Waals surface area contributed by atoms with Gasteiger partial charge in [0.15, 0.2) is 0 Å². The van der Waals surface area contributed by atoms with Crippen molar-refractivity contribution in [3.63, 3.8) is 0 Å². The molecule has 1 saturated heterocycles. The Kier molecular flexibility index (Phi) is 4.63. The van der Waals surface area contributed by atoms with Crippen molar-refractivity contribution in [1.82, 2.24) is 4.90 Å². The van der Waals surface area contributed by atoms with Gasteiger partial charge in [-0.05, 0) is 48.9 Å². The minimum Gasteiger partial charge on any atom is -0.338 e. The molecule has 2 aromatic rings. The van der Waals surface area contributed by atoms with Crippen LogP contribution in [0.3, 0.4) is 0 Å². The molecule has 0 spiro atoms. The molecule has 116 valence electrons. The number of aryl methyl sites for hydroxylation is 2. The van der Waals surface area contributed by atoms with E-state index in [1.165, 1.54) is 22.4 Å². The Morgan fingerprint density at radius 1 is 1.18 bits per heavy atom. The van der Waals surface area contributed by atoms with Gasteiger partial charge in [0, 0.05) is 18.0 Å². The molecular formula is C19H23NOS. The molecule has 0 saturated carbocycles. The third-order valence-electron chi connectivity index (χ3n) is 4.28. The number of carbonyl (C=O) groups is 1. The van der Waals surface area contributed by atoms with Gasteiger partial charge in [0.05, 0.1) is 4.88 Å². The Hall–Kier alpha value is -1.61.